The Kier molecular flexibility index (Phi) is 8.12. The molecule has 0 spiro atoms. The average Bonchev–Trinajstić information content (AvgIpc) is 3.36. The molecule has 8 nitrogen and oxygen atoms in total. The summed E-state index contributed by atoms with van der Waals surface area (Å²) in [5, 5.41) is 5.84. The van der Waals surface area contributed by atoms with E-state index in [1.54, 1.807) is 6.20 Å². The fourth-order valence-corrected chi connectivity index (χ4v) is 5.71. The summed E-state index contributed by atoms with van der Waals surface area (Å²) in [7, 11) is 0. The van der Waals surface area contributed by atoms with Crippen molar-refractivity contribution in [1.29, 1.82) is 0 Å². The normalized spacial score (nSPS) is 18.4. The average molecular weight is 582 g/mol. The fraction of sp³-hybridized carbons (Fsp3) is 0.419. The number of alkyl carbamates (subject to hydrolysis) is 1. The van der Waals surface area contributed by atoms with Crippen LogP contribution in [0.3, 0.4) is 0 Å². The van der Waals surface area contributed by atoms with Crippen LogP contribution in [0.25, 0.3) is 11.3 Å². The third-order valence-electron chi connectivity index (χ3n) is 7.30. The molecule has 2 N–H and O–H groups in total. The highest BCUT2D eigenvalue weighted by atomic mass is 19.1. The molecule has 1 aromatic carbocycles. The van der Waals surface area contributed by atoms with E-state index in [4.69, 9.17) is 4.74 Å². The van der Waals surface area contributed by atoms with Gasteiger partial charge in [0.1, 0.15) is 34.4 Å². The van der Waals surface area contributed by atoms with Gasteiger partial charge in [-0.25, -0.2) is 22.9 Å². The van der Waals surface area contributed by atoms with Crippen molar-refractivity contribution in [2.75, 3.05) is 23.3 Å². The number of fused-ring (bicyclic) bond motifs is 1. The van der Waals surface area contributed by atoms with E-state index in [1.165, 1.54) is 6.07 Å². The minimum absolute atomic E-state index is 0.186. The third-order valence-corrected chi connectivity index (χ3v) is 7.30. The quantitative estimate of drug-likeness (QED) is 0.381. The number of hydrogen-bond donors (Lipinski definition) is 2. The van der Waals surface area contributed by atoms with E-state index in [2.05, 4.69) is 32.4 Å². The summed E-state index contributed by atoms with van der Waals surface area (Å²) in [5.74, 6) is -3.39. The summed E-state index contributed by atoms with van der Waals surface area (Å²) in [4.78, 5) is 36.7. The maximum atomic E-state index is 14.6. The molecule has 11 heteroatoms. The minimum Gasteiger partial charge on any atom is -0.444 e. The largest absolute Gasteiger partial charge is 0.444 e. The number of halogens is 3. The molecule has 0 radical (unpaired) electrons. The van der Waals surface area contributed by atoms with Gasteiger partial charge in [-0.3, -0.25) is 9.78 Å². The number of carbonyl (C=O) groups excluding carboxylic acids is 2. The number of hydrogen-bond acceptors (Lipinski definition) is 6. The lowest BCUT2D eigenvalue weighted by Gasteiger charge is -2.40. The van der Waals surface area contributed by atoms with Crippen LogP contribution in [0.4, 0.5) is 29.3 Å². The second kappa shape index (κ2) is 11.6. The Balaban J connectivity index is 1.44. The minimum atomic E-state index is -0.988. The second-order valence-electron chi connectivity index (χ2n) is 12.0. The number of aryl methyl sites for hydroxylation is 1. The number of piperidine rings is 1. The second-order valence-corrected chi connectivity index (χ2v) is 12.0. The number of benzene rings is 1. The molecule has 1 fully saturated rings. The van der Waals surface area contributed by atoms with Gasteiger partial charge in [-0.15, -0.1) is 0 Å². The number of carbonyl (C=O) groups is 2. The Labute approximate surface area is 242 Å². The van der Waals surface area contributed by atoms with E-state index in [0.29, 0.717) is 18.8 Å². The van der Waals surface area contributed by atoms with Crippen LogP contribution in [0.1, 0.15) is 62.3 Å². The Hall–Kier alpha value is -4.15. The smallest absolute Gasteiger partial charge is 0.407 e. The van der Waals surface area contributed by atoms with Gasteiger partial charge in [-0.1, -0.05) is 13.0 Å². The molecule has 0 unspecified atom stereocenters. The highest BCUT2D eigenvalue weighted by Gasteiger charge is 2.32. The number of nitrogens with one attached hydrogen (secondary N) is 2. The van der Waals surface area contributed by atoms with Crippen molar-refractivity contribution < 1.29 is 27.5 Å². The Morgan fingerprint density at radius 3 is 2.48 bits per heavy atom. The zero-order chi connectivity index (χ0) is 30.2. The molecular formula is C31H34F3N5O3. The number of nitrogens with zero attached hydrogens (tertiary/aromatic N) is 3. The number of amides is 2. The summed E-state index contributed by atoms with van der Waals surface area (Å²) in [6.45, 7) is 8.71. The topological polar surface area (TPSA) is 96.5 Å². The van der Waals surface area contributed by atoms with Crippen LogP contribution in [0.5, 0.6) is 0 Å². The SMILES string of the molecule is C[C@@H]1C[C@H](NC(=O)OC(C)(C)C)CN(c2c(NC(=O)c3ccc(F)c(-c4c(F)cccc4F)n3)cnc3c2CCC3)C1. The molecule has 2 aromatic heterocycles. The number of ether oxygens (including phenoxy) is 1. The fourth-order valence-electron chi connectivity index (χ4n) is 5.71. The lowest BCUT2D eigenvalue weighted by Crippen LogP contribution is -2.51. The maximum Gasteiger partial charge on any atom is 0.407 e. The molecular weight excluding hydrogens is 547 g/mol. The van der Waals surface area contributed by atoms with Gasteiger partial charge in [-0.2, -0.15) is 0 Å². The van der Waals surface area contributed by atoms with Gasteiger partial charge < -0.3 is 20.3 Å². The van der Waals surface area contributed by atoms with E-state index in [0.717, 1.165) is 66.9 Å². The van der Waals surface area contributed by atoms with E-state index in [-0.39, 0.29) is 17.7 Å². The van der Waals surface area contributed by atoms with Crippen LogP contribution in [0, 0.1) is 23.4 Å². The molecule has 1 aliphatic heterocycles. The molecule has 2 atom stereocenters. The third kappa shape index (κ3) is 6.34. The van der Waals surface area contributed by atoms with Gasteiger partial charge in [-0.05, 0) is 82.2 Å². The molecule has 5 rings (SSSR count). The number of rotatable bonds is 5. The van der Waals surface area contributed by atoms with Gasteiger partial charge >= 0.3 is 6.09 Å². The Bertz CT molecular complexity index is 1500. The molecule has 0 bridgehead atoms. The maximum absolute atomic E-state index is 14.6. The van der Waals surface area contributed by atoms with Crippen molar-refractivity contribution in [3.8, 4) is 11.3 Å². The summed E-state index contributed by atoms with van der Waals surface area (Å²) in [6, 6.07) is 5.11. The van der Waals surface area contributed by atoms with Crippen LogP contribution in [-0.2, 0) is 17.6 Å². The van der Waals surface area contributed by atoms with Crippen molar-refractivity contribution in [2.45, 2.75) is 65.0 Å². The number of aromatic nitrogens is 2. The molecule has 3 heterocycles. The van der Waals surface area contributed by atoms with Gasteiger partial charge in [0.2, 0.25) is 0 Å². The molecule has 2 amide bonds. The van der Waals surface area contributed by atoms with Crippen LogP contribution in [-0.4, -0.2) is 46.7 Å². The zero-order valence-electron chi connectivity index (χ0n) is 24.1. The first kappa shape index (κ1) is 29.3. The predicted molar refractivity (Wildman–Crippen MR) is 153 cm³/mol. The predicted octanol–water partition coefficient (Wildman–Crippen LogP) is 6.04. The van der Waals surface area contributed by atoms with Crippen molar-refractivity contribution in [2.24, 2.45) is 5.92 Å². The van der Waals surface area contributed by atoms with Gasteiger partial charge in [0.15, 0.2) is 0 Å². The first-order chi connectivity index (χ1) is 19.9. The van der Waals surface area contributed by atoms with E-state index in [1.807, 2.05) is 20.8 Å². The van der Waals surface area contributed by atoms with Gasteiger partial charge in [0.25, 0.3) is 5.91 Å². The van der Waals surface area contributed by atoms with Crippen LogP contribution < -0.4 is 15.5 Å². The van der Waals surface area contributed by atoms with E-state index < -0.39 is 46.3 Å². The van der Waals surface area contributed by atoms with Crippen LogP contribution >= 0.6 is 0 Å². The molecule has 42 heavy (non-hydrogen) atoms. The molecule has 222 valence electrons. The van der Waals surface area contributed by atoms with Crippen LogP contribution in [0.2, 0.25) is 0 Å². The Morgan fingerprint density at radius 1 is 1.02 bits per heavy atom. The van der Waals surface area contributed by atoms with Crippen molar-refractivity contribution >= 4 is 23.4 Å². The molecule has 1 aliphatic carbocycles. The first-order valence-electron chi connectivity index (χ1n) is 14.1. The molecule has 0 saturated carbocycles. The van der Waals surface area contributed by atoms with Crippen molar-refractivity contribution in [3.05, 3.63) is 70.9 Å². The lowest BCUT2D eigenvalue weighted by atomic mass is 9.94. The molecule has 3 aromatic rings. The summed E-state index contributed by atoms with van der Waals surface area (Å²) < 4.78 is 48.9. The number of pyridine rings is 2. The van der Waals surface area contributed by atoms with Crippen molar-refractivity contribution in [1.82, 2.24) is 15.3 Å². The highest BCUT2D eigenvalue weighted by molar-refractivity contribution is 6.05. The van der Waals surface area contributed by atoms with Crippen molar-refractivity contribution in [3.63, 3.8) is 0 Å². The Morgan fingerprint density at radius 2 is 1.76 bits per heavy atom. The number of anilines is 2. The first-order valence-corrected chi connectivity index (χ1v) is 14.1. The zero-order valence-corrected chi connectivity index (χ0v) is 24.1. The highest BCUT2D eigenvalue weighted by Crippen LogP contribution is 2.38. The van der Waals surface area contributed by atoms with Gasteiger partial charge in [0, 0.05) is 24.8 Å². The summed E-state index contributed by atoms with van der Waals surface area (Å²) in [5.41, 5.74) is 1.17. The lowest BCUT2D eigenvalue weighted by molar-refractivity contribution is 0.0495. The molecule has 2 aliphatic rings. The standard InChI is InChI=1S/C31H34F3N5O3/c1-17-13-18(36-30(41)42-31(2,3)4)16-39(15-17)28-19-7-5-10-23(19)35-14-25(28)38-29(40)24-12-11-22(34)27(37-24)26-20(32)8-6-9-21(26)33/h6,8-9,11-12,14,17-18H,5,7,10,13,15-16H2,1-4H3,(H,36,41)(H,38,40)/t17-,18+/m1/s1. The molecule has 1 saturated heterocycles. The van der Waals surface area contributed by atoms with Gasteiger partial charge in [0.05, 0.1) is 23.1 Å². The van der Waals surface area contributed by atoms with E-state index >= 15 is 0 Å². The van der Waals surface area contributed by atoms with Crippen LogP contribution in [0.15, 0.2) is 36.5 Å². The summed E-state index contributed by atoms with van der Waals surface area (Å²) >= 11 is 0. The summed E-state index contributed by atoms with van der Waals surface area (Å²) in [6.07, 6.45) is 4.39. The monoisotopic (exact) mass is 581 g/mol. The van der Waals surface area contributed by atoms with E-state index in [9.17, 15) is 22.8 Å².